The molecule has 20 heavy (non-hydrogen) atoms. The van der Waals surface area contributed by atoms with Gasteiger partial charge in [0.15, 0.2) is 0 Å². The van der Waals surface area contributed by atoms with Crippen LogP contribution in [0, 0.1) is 0 Å². The molecule has 9 heteroatoms. The molecule has 0 spiro atoms. The molecule has 1 fully saturated rings. The number of nitrogens with zero attached hydrogens (tertiary/aromatic N) is 2. The summed E-state index contributed by atoms with van der Waals surface area (Å²) in [6.45, 7) is -1.05. The average molecular weight is 298 g/mol. The fourth-order valence-corrected chi connectivity index (χ4v) is 2.21. The Balaban J connectivity index is 2.82. The van der Waals surface area contributed by atoms with Gasteiger partial charge in [0.25, 0.3) is 0 Å². The minimum atomic E-state index is -5.01. The van der Waals surface area contributed by atoms with Gasteiger partial charge in [-0.2, -0.15) is 13.2 Å². The summed E-state index contributed by atoms with van der Waals surface area (Å²) >= 11 is 0. The number of rotatable bonds is 5. The number of halogens is 3. The zero-order valence-corrected chi connectivity index (χ0v) is 10.8. The monoisotopic (exact) mass is 298 g/mol. The van der Waals surface area contributed by atoms with Gasteiger partial charge in [-0.15, -0.1) is 0 Å². The van der Waals surface area contributed by atoms with Gasteiger partial charge in [-0.3, -0.25) is 9.59 Å². The van der Waals surface area contributed by atoms with Crippen LogP contribution in [0.4, 0.5) is 13.2 Å². The molecule has 1 rings (SSSR count). The Bertz CT molecular complexity index is 356. The van der Waals surface area contributed by atoms with Gasteiger partial charge < -0.3 is 20.0 Å². The normalized spacial score (nSPS) is 19.2. The average Bonchev–Trinajstić information content (AvgIpc) is 2.84. The molecule has 2 N–H and O–H groups in total. The topological polar surface area (TPSA) is 81.1 Å². The van der Waals surface area contributed by atoms with Gasteiger partial charge in [0.1, 0.15) is 6.04 Å². The van der Waals surface area contributed by atoms with Crippen molar-refractivity contribution in [2.24, 2.45) is 0 Å². The van der Waals surface area contributed by atoms with Crippen molar-refractivity contribution >= 4 is 11.8 Å². The van der Waals surface area contributed by atoms with Crippen molar-refractivity contribution in [3.8, 4) is 0 Å². The fourth-order valence-electron chi connectivity index (χ4n) is 2.21. The van der Waals surface area contributed by atoms with Crippen molar-refractivity contribution in [1.82, 2.24) is 9.80 Å². The highest BCUT2D eigenvalue weighted by Crippen LogP contribution is 2.26. The summed E-state index contributed by atoms with van der Waals surface area (Å²) in [4.78, 5) is 24.9. The van der Waals surface area contributed by atoms with E-state index in [0.29, 0.717) is 11.3 Å². The quantitative estimate of drug-likeness (QED) is 0.707. The van der Waals surface area contributed by atoms with E-state index in [1.165, 1.54) is 0 Å². The summed E-state index contributed by atoms with van der Waals surface area (Å²) in [6.07, 6.45) is -4.56. The highest BCUT2D eigenvalue weighted by atomic mass is 19.4. The SMILES string of the molecule is O=C(C1CCCN1C(=O)C(F)(F)F)N(CCO)CCO. The molecule has 6 nitrogen and oxygen atoms in total. The molecule has 1 aliphatic rings. The maximum absolute atomic E-state index is 12.4. The molecule has 1 saturated heterocycles. The standard InChI is InChI=1S/C11H17F3N2O4/c12-11(13,14)10(20)16-3-1-2-8(16)9(19)15(4-6-17)5-7-18/h8,17-18H,1-7H2. The molecule has 0 saturated carbocycles. The number of carbonyl (C=O) groups is 2. The van der Waals surface area contributed by atoms with Crippen LogP contribution in [0.15, 0.2) is 0 Å². The van der Waals surface area contributed by atoms with Crippen molar-refractivity contribution in [2.75, 3.05) is 32.8 Å². The Morgan fingerprint density at radius 2 is 1.75 bits per heavy atom. The lowest BCUT2D eigenvalue weighted by molar-refractivity contribution is -0.187. The van der Waals surface area contributed by atoms with Crippen LogP contribution in [0.5, 0.6) is 0 Å². The van der Waals surface area contributed by atoms with Crippen LogP contribution in [0.1, 0.15) is 12.8 Å². The van der Waals surface area contributed by atoms with E-state index in [1.54, 1.807) is 0 Å². The number of hydrogen-bond acceptors (Lipinski definition) is 4. The second-order valence-electron chi connectivity index (χ2n) is 4.43. The summed E-state index contributed by atoms with van der Waals surface area (Å²) in [5.41, 5.74) is 0. The van der Waals surface area contributed by atoms with Gasteiger partial charge >= 0.3 is 12.1 Å². The number of likely N-dealkylation sites (tertiary alicyclic amines) is 1. The van der Waals surface area contributed by atoms with Crippen LogP contribution in [0.2, 0.25) is 0 Å². The molecule has 2 amide bonds. The molecule has 0 aliphatic carbocycles. The zero-order chi connectivity index (χ0) is 15.3. The number of aliphatic hydroxyl groups excluding tert-OH is 2. The van der Waals surface area contributed by atoms with Gasteiger partial charge in [-0.1, -0.05) is 0 Å². The number of amides is 2. The Hall–Kier alpha value is -1.35. The molecule has 0 radical (unpaired) electrons. The van der Waals surface area contributed by atoms with Gasteiger partial charge in [0.05, 0.1) is 13.2 Å². The molecule has 1 atom stereocenters. The van der Waals surface area contributed by atoms with E-state index in [1.807, 2.05) is 0 Å². The molecule has 1 aliphatic heterocycles. The summed E-state index contributed by atoms with van der Waals surface area (Å²) in [5, 5.41) is 17.6. The fraction of sp³-hybridized carbons (Fsp3) is 0.818. The largest absolute Gasteiger partial charge is 0.471 e. The van der Waals surface area contributed by atoms with Gasteiger partial charge in [-0.05, 0) is 12.8 Å². The zero-order valence-electron chi connectivity index (χ0n) is 10.8. The summed E-state index contributed by atoms with van der Waals surface area (Å²) < 4.78 is 37.3. The molecule has 0 bridgehead atoms. The van der Waals surface area contributed by atoms with E-state index in [2.05, 4.69) is 0 Å². The minimum absolute atomic E-state index is 0.0933. The third-order valence-corrected chi connectivity index (χ3v) is 3.09. The minimum Gasteiger partial charge on any atom is -0.395 e. The summed E-state index contributed by atoms with van der Waals surface area (Å²) in [7, 11) is 0. The lowest BCUT2D eigenvalue weighted by Crippen LogP contribution is -2.52. The van der Waals surface area contributed by atoms with Crippen molar-refractivity contribution in [1.29, 1.82) is 0 Å². The van der Waals surface area contributed by atoms with Crippen LogP contribution in [-0.4, -0.2) is 76.9 Å². The predicted octanol–water partition coefficient (Wildman–Crippen LogP) is -0.647. The highest BCUT2D eigenvalue weighted by Gasteiger charge is 2.48. The molecular formula is C11H17F3N2O4. The van der Waals surface area contributed by atoms with E-state index in [-0.39, 0.29) is 39.3 Å². The Kier molecular flexibility index (Phi) is 5.75. The van der Waals surface area contributed by atoms with E-state index >= 15 is 0 Å². The number of alkyl halides is 3. The molecule has 0 aromatic heterocycles. The molecule has 116 valence electrons. The molecular weight excluding hydrogens is 281 g/mol. The lowest BCUT2D eigenvalue weighted by Gasteiger charge is -2.30. The van der Waals surface area contributed by atoms with Gasteiger partial charge in [-0.25, -0.2) is 0 Å². The second-order valence-corrected chi connectivity index (χ2v) is 4.43. The first-order valence-corrected chi connectivity index (χ1v) is 6.21. The first kappa shape index (κ1) is 16.7. The maximum Gasteiger partial charge on any atom is 0.471 e. The summed E-state index contributed by atoms with van der Waals surface area (Å²) in [6, 6.07) is -1.18. The predicted molar refractivity (Wildman–Crippen MR) is 61.5 cm³/mol. The van der Waals surface area contributed by atoms with E-state index in [4.69, 9.17) is 10.2 Å². The molecule has 0 aromatic rings. The van der Waals surface area contributed by atoms with E-state index < -0.39 is 24.0 Å². The van der Waals surface area contributed by atoms with E-state index in [0.717, 1.165) is 4.90 Å². The van der Waals surface area contributed by atoms with Crippen LogP contribution in [-0.2, 0) is 9.59 Å². The molecule has 0 aromatic carbocycles. The number of carbonyl (C=O) groups excluding carboxylic acids is 2. The van der Waals surface area contributed by atoms with Crippen LogP contribution in [0.3, 0.4) is 0 Å². The van der Waals surface area contributed by atoms with Crippen molar-refractivity contribution in [2.45, 2.75) is 25.1 Å². The molecule has 1 unspecified atom stereocenters. The van der Waals surface area contributed by atoms with Crippen LogP contribution in [0.25, 0.3) is 0 Å². The smallest absolute Gasteiger partial charge is 0.395 e. The Morgan fingerprint density at radius 1 is 1.20 bits per heavy atom. The number of hydrogen-bond donors (Lipinski definition) is 2. The second kappa shape index (κ2) is 6.89. The van der Waals surface area contributed by atoms with Crippen molar-refractivity contribution in [3.05, 3.63) is 0 Å². The highest BCUT2D eigenvalue weighted by molar-refractivity contribution is 5.90. The first-order valence-electron chi connectivity index (χ1n) is 6.21. The van der Waals surface area contributed by atoms with E-state index in [9.17, 15) is 22.8 Å². The number of aliphatic hydroxyl groups is 2. The van der Waals surface area contributed by atoms with Crippen LogP contribution < -0.4 is 0 Å². The third-order valence-electron chi connectivity index (χ3n) is 3.09. The Labute approximate surface area is 113 Å². The van der Waals surface area contributed by atoms with Crippen molar-refractivity contribution in [3.63, 3.8) is 0 Å². The molecule has 1 heterocycles. The first-order chi connectivity index (χ1) is 9.32. The third kappa shape index (κ3) is 3.83. The lowest BCUT2D eigenvalue weighted by atomic mass is 10.2. The van der Waals surface area contributed by atoms with Gasteiger partial charge in [0, 0.05) is 19.6 Å². The van der Waals surface area contributed by atoms with Gasteiger partial charge in [0.2, 0.25) is 5.91 Å². The maximum atomic E-state index is 12.4. The summed E-state index contributed by atoms with van der Waals surface area (Å²) in [5.74, 6) is -2.70. The van der Waals surface area contributed by atoms with Crippen molar-refractivity contribution < 1.29 is 33.0 Å². The Morgan fingerprint density at radius 3 is 2.20 bits per heavy atom. The van der Waals surface area contributed by atoms with Crippen LogP contribution >= 0.6 is 0 Å².